The van der Waals surface area contributed by atoms with Gasteiger partial charge in [0.05, 0.1) is 18.1 Å². The first-order valence-corrected chi connectivity index (χ1v) is 4.75. The van der Waals surface area contributed by atoms with Gasteiger partial charge in [-0.05, 0) is 6.92 Å². The summed E-state index contributed by atoms with van der Waals surface area (Å²) < 4.78 is 42.0. The Hall–Kier alpha value is -1.52. The van der Waals surface area contributed by atoms with Crippen molar-refractivity contribution in [2.45, 2.75) is 13.1 Å². The van der Waals surface area contributed by atoms with Crippen LogP contribution in [0, 0.1) is 5.92 Å². The minimum atomic E-state index is -4.45. The first-order chi connectivity index (χ1) is 7.45. The minimum absolute atomic E-state index is 0.145. The Morgan fingerprint density at radius 1 is 1.44 bits per heavy atom. The fourth-order valence-electron chi connectivity index (χ4n) is 1.22. The van der Waals surface area contributed by atoms with Crippen LogP contribution in [0.3, 0.4) is 0 Å². The third kappa shape index (κ3) is 3.25. The van der Waals surface area contributed by atoms with Crippen molar-refractivity contribution in [3.05, 3.63) is 36.0 Å². The average molecular weight is 232 g/mol. The zero-order valence-electron chi connectivity index (χ0n) is 8.62. The van der Waals surface area contributed by atoms with Gasteiger partial charge in [-0.25, -0.2) is 0 Å². The summed E-state index contributed by atoms with van der Waals surface area (Å²) >= 11 is 0. The van der Waals surface area contributed by atoms with Gasteiger partial charge in [0.15, 0.2) is 0 Å². The molecule has 0 fully saturated rings. The van der Waals surface area contributed by atoms with E-state index in [0.29, 0.717) is 0 Å². The molecule has 0 aliphatic heterocycles. The zero-order chi connectivity index (χ0) is 12.2. The van der Waals surface area contributed by atoms with Crippen molar-refractivity contribution in [1.82, 2.24) is 0 Å². The molecule has 1 rings (SSSR count). The molecule has 5 heteroatoms. The molecule has 0 bridgehead atoms. The summed E-state index contributed by atoms with van der Waals surface area (Å²) in [6, 6.07) is 0. The van der Waals surface area contributed by atoms with E-state index in [1.54, 1.807) is 6.92 Å². The fraction of sp³-hybridized carbons (Fsp3) is 0.364. The Balaban J connectivity index is 2.92. The van der Waals surface area contributed by atoms with Gasteiger partial charge < -0.3 is 4.74 Å². The molecule has 1 atom stereocenters. The van der Waals surface area contributed by atoms with E-state index in [1.165, 1.54) is 18.2 Å². The lowest BCUT2D eigenvalue weighted by atomic mass is 10.1. The Morgan fingerprint density at radius 2 is 2.12 bits per heavy atom. The number of ether oxygens (including phenoxy) is 1. The van der Waals surface area contributed by atoms with Gasteiger partial charge in [0, 0.05) is 0 Å². The quantitative estimate of drug-likeness (QED) is 0.684. The SMILES string of the molecule is CCOC(=O)C1C=CC=CC(C(F)(F)F)=C1. The Kier molecular flexibility index (Phi) is 3.93. The fourth-order valence-corrected chi connectivity index (χ4v) is 1.22. The molecular weight excluding hydrogens is 221 g/mol. The summed E-state index contributed by atoms with van der Waals surface area (Å²) in [6.07, 6.45) is 1.35. The average Bonchev–Trinajstić information content (AvgIpc) is 2.42. The van der Waals surface area contributed by atoms with E-state index >= 15 is 0 Å². The lowest BCUT2D eigenvalue weighted by molar-refractivity contribution is -0.144. The van der Waals surface area contributed by atoms with Gasteiger partial charge in [0.2, 0.25) is 0 Å². The maximum Gasteiger partial charge on any atom is 0.416 e. The van der Waals surface area contributed by atoms with E-state index in [-0.39, 0.29) is 6.61 Å². The number of hydrogen-bond acceptors (Lipinski definition) is 2. The molecule has 2 nitrogen and oxygen atoms in total. The summed E-state index contributed by atoms with van der Waals surface area (Å²) in [6.45, 7) is 1.75. The smallest absolute Gasteiger partial charge is 0.416 e. The molecule has 16 heavy (non-hydrogen) atoms. The number of esters is 1. The second-order valence-electron chi connectivity index (χ2n) is 3.14. The van der Waals surface area contributed by atoms with Crippen molar-refractivity contribution in [2.24, 2.45) is 5.92 Å². The van der Waals surface area contributed by atoms with Crippen LogP contribution in [-0.4, -0.2) is 18.8 Å². The van der Waals surface area contributed by atoms with Crippen LogP contribution in [0.25, 0.3) is 0 Å². The van der Waals surface area contributed by atoms with Crippen LogP contribution >= 0.6 is 0 Å². The molecule has 0 heterocycles. The van der Waals surface area contributed by atoms with Crippen LogP contribution in [0.1, 0.15) is 6.92 Å². The largest absolute Gasteiger partial charge is 0.465 e. The molecule has 0 amide bonds. The number of halogens is 3. The van der Waals surface area contributed by atoms with Gasteiger partial charge in [0.1, 0.15) is 0 Å². The predicted octanol–water partition coefficient (Wildman–Crippen LogP) is 2.78. The van der Waals surface area contributed by atoms with Gasteiger partial charge >= 0.3 is 12.1 Å². The number of hydrogen-bond donors (Lipinski definition) is 0. The topological polar surface area (TPSA) is 26.3 Å². The van der Waals surface area contributed by atoms with E-state index in [1.807, 2.05) is 0 Å². The van der Waals surface area contributed by atoms with E-state index < -0.39 is 23.6 Å². The maximum absolute atomic E-state index is 12.4. The Morgan fingerprint density at radius 3 is 2.69 bits per heavy atom. The Bertz CT molecular complexity index is 351. The Labute approximate surface area is 91.1 Å². The van der Waals surface area contributed by atoms with E-state index in [0.717, 1.165) is 12.2 Å². The van der Waals surface area contributed by atoms with Crippen molar-refractivity contribution in [3.63, 3.8) is 0 Å². The van der Waals surface area contributed by atoms with Crippen LogP contribution in [0.2, 0.25) is 0 Å². The lowest BCUT2D eigenvalue weighted by Gasteiger charge is -2.10. The van der Waals surface area contributed by atoms with Crippen LogP contribution in [0.15, 0.2) is 36.0 Å². The second-order valence-corrected chi connectivity index (χ2v) is 3.14. The van der Waals surface area contributed by atoms with Gasteiger partial charge in [0.25, 0.3) is 0 Å². The molecule has 0 N–H and O–H groups in total. The van der Waals surface area contributed by atoms with Crippen LogP contribution in [0.4, 0.5) is 13.2 Å². The number of carbonyl (C=O) groups is 1. The van der Waals surface area contributed by atoms with E-state index in [9.17, 15) is 18.0 Å². The highest BCUT2D eigenvalue weighted by Crippen LogP contribution is 2.29. The summed E-state index contributed by atoms with van der Waals surface area (Å²) in [5, 5.41) is 0. The van der Waals surface area contributed by atoms with E-state index in [2.05, 4.69) is 4.74 Å². The molecule has 1 unspecified atom stereocenters. The minimum Gasteiger partial charge on any atom is -0.465 e. The van der Waals surface area contributed by atoms with Crippen molar-refractivity contribution in [1.29, 1.82) is 0 Å². The zero-order valence-corrected chi connectivity index (χ0v) is 8.62. The van der Waals surface area contributed by atoms with Crippen LogP contribution in [0.5, 0.6) is 0 Å². The summed E-state index contributed by atoms with van der Waals surface area (Å²) in [5.74, 6) is -1.66. The van der Waals surface area contributed by atoms with Crippen molar-refractivity contribution < 1.29 is 22.7 Å². The van der Waals surface area contributed by atoms with Gasteiger partial charge in [-0.1, -0.05) is 30.4 Å². The second kappa shape index (κ2) is 5.01. The molecule has 0 aromatic carbocycles. The number of rotatable bonds is 2. The van der Waals surface area contributed by atoms with Crippen molar-refractivity contribution in [3.8, 4) is 0 Å². The standard InChI is InChI=1S/C11H11F3O2/c1-2-16-10(15)8-5-3-4-6-9(7-8)11(12,13)14/h3-8H,2H2,1H3. The normalized spacial score (nSPS) is 20.2. The molecule has 0 aromatic heterocycles. The van der Waals surface area contributed by atoms with Crippen molar-refractivity contribution >= 4 is 5.97 Å². The summed E-state index contributed by atoms with van der Waals surface area (Å²) in [5.41, 5.74) is -0.837. The third-order valence-electron chi connectivity index (χ3n) is 1.95. The third-order valence-corrected chi connectivity index (χ3v) is 1.95. The molecule has 88 valence electrons. The summed E-state index contributed by atoms with van der Waals surface area (Å²) in [4.78, 5) is 11.3. The van der Waals surface area contributed by atoms with Crippen LogP contribution < -0.4 is 0 Å². The van der Waals surface area contributed by atoms with Gasteiger partial charge in [-0.15, -0.1) is 0 Å². The molecule has 0 spiro atoms. The highest BCUT2D eigenvalue weighted by atomic mass is 19.4. The highest BCUT2D eigenvalue weighted by Gasteiger charge is 2.33. The first-order valence-electron chi connectivity index (χ1n) is 4.75. The highest BCUT2D eigenvalue weighted by molar-refractivity contribution is 5.77. The molecule has 1 aliphatic rings. The number of allylic oxidation sites excluding steroid dienone is 4. The molecular formula is C11H11F3O2. The van der Waals surface area contributed by atoms with Crippen molar-refractivity contribution in [2.75, 3.05) is 6.61 Å². The molecule has 0 aromatic rings. The number of carbonyl (C=O) groups excluding carboxylic acids is 1. The monoisotopic (exact) mass is 232 g/mol. The molecule has 0 saturated heterocycles. The summed E-state index contributed by atoms with van der Waals surface area (Å²) in [7, 11) is 0. The van der Waals surface area contributed by atoms with Crippen LogP contribution in [-0.2, 0) is 9.53 Å². The molecule has 0 saturated carbocycles. The molecule has 0 radical (unpaired) electrons. The lowest BCUT2D eigenvalue weighted by Crippen LogP contribution is -2.17. The maximum atomic E-state index is 12.4. The first kappa shape index (κ1) is 12.5. The van der Waals surface area contributed by atoms with E-state index in [4.69, 9.17) is 0 Å². The van der Waals surface area contributed by atoms with Gasteiger partial charge in [-0.2, -0.15) is 13.2 Å². The van der Waals surface area contributed by atoms with Gasteiger partial charge in [-0.3, -0.25) is 4.79 Å². The number of alkyl halides is 3. The molecule has 1 aliphatic carbocycles. The predicted molar refractivity (Wildman–Crippen MR) is 52.5 cm³/mol.